The van der Waals surface area contributed by atoms with E-state index >= 15 is 0 Å². The number of hydrogen-bond acceptors (Lipinski definition) is 3. The van der Waals surface area contributed by atoms with E-state index in [2.05, 4.69) is 24.3 Å². The zero-order chi connectivity index (χ0) is 23.8. The highest BCUT2D eigenvalue weighted by molar-refractivity contribution is 5.79. The van der Waals surface area contributed by atoms with Crippen LogP contribution in [-0.2, 0) is 16.0 Å². The van der Waals surface area contributed by atoms with E-state index in [0.29, 0.717) is 45.4 Å². The van der Waals surface area contributed by atoms with Crippen LogP contribution in [0.25, 0.3) is 0 Å². The number of carbonyl (C=O) groups excluding carboxylic acids is 2. The Kier molecular flexibility index (Phi) is 7.97. The highest BCUT2D eigenvalue weighted by Gasteiger charge is 2.26. The van der Waals surface area contributed by atoms with Crippen molar-refractivity contribution in [3.8, 4) is 5.75 Å². The average Bonchev–Trinajstić information content (AvgIpc) is 2.91. The Labute approximate surface area is 202 Å². The molecule has 0 saturated carbocycles. The Bertz CT molecular complexity index is 1020. The first-order valence-corrected chi connectivity index (χ1v) is 11.9. The van der Waals surface area contributed by atoms with Crippen LogP contribution < -0.4 is 4.74 Å². The minimum Gasteiger partial charge on any atom is -0.497 e. The standard InChI is InChI=1S/C29H32N2O3/c1-34-26-15-12-23(13-16-26)14-17-28(32)30-18-20-31(21-19-30)29(33)22-27(24-8-4-2-5-9-24)25-10-6-3-7-11-25/h2-13,15-16,27H,14,17-22H2,1H3. The Morgan fingerprint density at radius 3 is 1.74 bits per heavy atom. The van der Waals surface area contributed by atoms with Crippen LogP contribution in [0.15, 0.2) is 84.9 Å². The largest absolute Gasteiger partial charge is 0.497 e. The highest BCUT2D eigenvalue weighted by Crippen LogP contribution is 2.28. The number of methoxy groups -OCH3 is 1. The molecule has 34 heavy (non-hydrogen) atoms. The van der Waals surface area contributed by atoms with Crippen LogP contribution in [0.3, 0.4) is 0 Å². The third-order valence-electron chi connectivity index (χ3n) is 6.55. The summed E-state index contributed by atoms with van der Waals surface area (Å²) >= 11 is 0. The number of nitrogens with zero attached hydrogens (tertiary/aromatic N) is 2. The predicted molar refractivity (Wildman–Crippen MR) is 134 cm³/mol. The molecule has 0 unspecified atom stereocenters. The van der Waals surface area contributed by atoms with Crippen molar-refractivity contribution in [1.82, 2.24) is 9.80 Å². The van der Waals surface area contributed by atoms with Crippen molar-refractivity contribution in [1.29, 1.82) is 0 Å². The lowest BCUT2D eigenvalue weighted by molar-refractivity contribution is -0.139. The van der Waals surface area contributed by atoms with Gasteiger partial charge in [-0.2, -0.15) is 0 Å². The van der Waals surface area contributed by atoms with Gasteiger partial charge in [0, 0.05) is 44.9 Å². The van der Waals surface area contributed by atoms with Crippen LogP contribution in [0.1, 0.15) is 35.4 Å². The maximum Gasteiger partial charge on any atom is 0.223 e. The summed E-state index contributed by atoms with van der Waals surface area (Å²) in [7, 11) is 1.65. The third-order valence-corrected chi connectivity index (χ3v) is 6.55. The molecule has 1 aliphatic rings. The van der Waals surface area contributed by atoms with E-state index < -0.39 is 0 Å². The van der Waals surface area contributed by atoms with E-state index in [1.54, 1.807) is 7.11 Å². The summed E-state index contributed by atoms with van der Waals surface area (Å²) in [5.41, 5.74) is 3.42. The van der Waals surface area contributed by atoms with Gasteiger partial charge in [0.15, 0.2) is 0 Å². The zero-order valence-electron chi connectivity index (χ0n) is 19.7. The molecule has 1 aliphatic heterocycles. The fourth-order valence-electron chi connectivity index (χ4n) is 4.51. The summed E-state index contributed by atoms with van der Waals surface area (Å²) in [4.78, 5) is 29.7. The molecular formula is C29H32N2O3. The second-order valence-corrected chi connectivity index (χ2v) is 8.69. The van der Waals surface area contributed by atoms with Crippen LogP contribution >= 0.6 is 0 Å². The SMILES string of the molecule is COc1ccc(CCC(=O)N2CCN(C(=O)CC(c3ccccc3)c3ccccc3)CC2)cc1. The molecule has 3 aromatic rings. The molecule has 1 fully saturated rings. The van der Waals surface area contributed by atoms with E-state index in [1.165, 1.54) is 0 Å². The number of carbonyl (C=O) groups is 2. The first kappa shape index (κ1) is 23.6. The molecule has 5 nitrogen and oxygen atoms in total. The monoisotopic (exact) mass is 456 g/mol. The number of rotatable bonds is 8. The first-order valence-electron chi connectivity index (χ1n) is 11.9. The molecule has 5 heteroatoms. The maximum absolute atomic E-state index is 13.2. The van der Waals surface area contributed by atoms with Gasteiger partial charge < -0.3 is 14.5 Å². The van der Waals surface area contributed by atoms with Crippen LogP contribution in [0.2, 0.25) is 0 Å². The number of ether oxygens (including phenoxy) is 1. The Morgan fingerprint density at radius 1 is 0.735 bits per heavy atom. The Hall–Kier alpha value is -3.60. The molecule has 2 amide bonds. The van der Waals surface area contributed by atoms with Crippen molar-refractivity contribution in [2.24, 2.45) is 0 Å². The van der Waals surface area contributed by atoms with E-state index in [1.807, 2.05) is 70.5 Å². The van der Waals surface area contributed by atoms with Crippen LogP contribution in [-0.4, -0.2) is 54.9 Å². The number of benzene rings is 3. The quantitative estimate of drug-likeness (QED) is 0.501. The molecule has 1 heterocycles. The van der Waals surface area contributed by atoms with Gasteiger partial charge in [0.25, 0.3) is 0 Å². The van der Waals surface area contributed by atoms with E-state index in [0.717, 1.165) is 22.4 Å². The molecule has 0 aromatic heterocycles. The van der Waals surface area contributed by atoms with Crippen LogP contribution in [0, 0.1) is 0 Å². The van der Waals surface area contributed by atoms with Crippen molar-refractivity contribution in [2.75, 3.05) is 33.3 Å². The fourth-order valence-corrected chi connectivity index (χ4v) is 4.51. The minimum atomic E-state index is 0.0269. The number of amides is 2. The Balaban J connectivity index is 1.30. The van der Waals surface area contributed by atoms with Crippen molar-refractivity contribution >= 4 is 11.8 Å². The van der Waals surface area contributed by atoms with Crippen LogP contribution in [0.5, 0.6) is 5.75 Å². The number of aryl methyl sites for hydroxylation is 1. The lowest BCUT2D eigenvalue weighted by Gasteiger charge is -2.35. The Morgan fingerprint density at radius 2 is 1.24 bits per heavy atom. The average molecular weight is 457 g/mol. The zero-order valence-corrected chi connectivity index (χ0v) is 19.7. The summed E-state index contributed by atoms with van der Waals surface area (Å²) in [6.45, 7) is 2.36. The van der Waals surface area contributed by atoms with Gasteiger partial charge in [-0.3, -0.25) is 9.59 Å². The van der Waals surface area contributed by atoms with Gasteiger partial charge in [-0.25, -0.2) is 0 Å². The molecular weight excluding hydrogens is 424 g/mol. The normalized spacial score (nSPS) is 13.7. The van der Waals surface area contributed by atoms with Crippen LogP contribution in [0.4, 0.5) is 0 Å². The molecule has 1 saturated heterocycles. The van der Waals surface area contributed by atoms with Crippen molar-refractivity contribution in [3.63, 3.8) is 0 Å². The lowest BCUT2D eigenvalue weighted by atomic mass is 9.88. The topological polar surface area (TPSA) is 49.9 Å². The van der Waals surface area contributed by atoms with Gasteiger partial charge in [0.1, 0.15) is 5.75 Å². The second kappa shape index (κ2) is 11.5. The predicted octanol–water partition coefficient (Wildman–Crippen LogP) is 4.52. The molecule has 3 aromatic carbocycles. The van der Waals surface area contributed by atoms with Gasteiger partial charge in [-0.1, -0.05) is 72.8 Å². The molecule has 0 aliphatic carbocycles. The smallest absolute Gasteiger partial charge is 0.223 e. The van der Waals surface area contributed by atoms with E-state index in [-0.39, 0.29) is 17.7 Å². The van der Waals surface area contributed by atoms with Crippen molar-refractivity contribution in [3.05, 3.63) is 102 Å². The van der Waals surface area contributed by atoms with Gasteiger partial charge in [0.05, 0.1) is 7.11 Å². The maximum atomic E-state index is 13.2. The van der Waals surface area contributed by atoms with Gasteiger partial charge in [-0.05, 0) is 35.2 Å². The summed E-state index contributed by atoms with van der Waals surface area (Å²) in [6.07, 6.45) is 1.61. The molecule has 0 bridgehead atoms. The third kappa shape index (κ3) is 6.04. The highest BCUT2D eigenvalue weighted by atomic mass is 16.5. The number of piperazine rings is 1. The molecule has 176 valence electrons. The van der Waals surface area contributed by atoms with Gasteiger partial charge in [0.2, 0.25) is 11.8 Å². The summed E-state index contributed by atoms with van der Waals surface area (Å²) < 4.78 is 5.19. The van der Waals surface area contributed by atoms with Crippen molar-refractivity contribution in [2.45, 2.75) is 25.2 Å². The molecule has 0 N–H and O–H groups in total. The molecule has 0 spiro atoms. The van der Waals surface area contributed by atoms with Gasteiger partial charge >= 0.3 is 0 Å². The summed E-state index contributed by atoms with van der Waals surface area (Å²) in [5.74, 6) is 1.13. The lowest BCUT2D eigenvalue weighted by Crippen LogP contribution is -2.50. The van der Waals surface area contributed by atoms with Crippen molar-refractivity contribution < 1.29 is 14.3 Å². The molecule has 0 radical (unpaired) electrons. The fraction of sp³-hybridized carbons (Fsp3) is 0.310. The minimum absolute atomic E-state index is 0.0269. The van der Waals surface area contributed by atoms with E-state index in [9.17, 15) is 9.59 Å². The number of hydrogen-bond donors (Lipinski definition) is 0. The summed E-state index contributed by atoms with van der Waals surface area (Å²) in [6, 6.07) is 28.3. The second-order valence-electron chi connectivity index (χ2n) is 8.69. The van der Waals surface area contributed by atoms with E-state index in [4.69, 9.17) is 4.74 Å². The van der Waals surface area contributed by atoms with Gasteiger partial charge in [-0.15, -0.1) is 0 Å². The molecule has 4 rings (SSSR count). The summed E-state index contributed by atoms with van der Waals surface area (Å²) in [5, 5.41) is 0. The molecule has 0 atom stereocenters. The first-order chi connectivity index (χ1) is 16.6.